The zero-order valence-corrected chi connectivity index (χ0v) is 26.0. The van der Waals surface area contributed by atoms with E-state index in [1.54, 1.807) is 0 Å². The zero-order chi connectivity index (χ0) is 28.8. The molecule has 0 saturated carbocycles. The molecule has 2 aliphatic heterocycles. The third-order valence-electron chi connectivity index (χ3n) is 8.77. The Morgan fingerprint density at radius 3 is 1.70 bits per heavy atom. The fraction of sp³-hybridized carbons (Fsp3) is 0.351. The molecule has 4 aromatic carbocycles. The first-order valence-electron chi connectivity index (χ1n) is 14.7. The summed E-state index contributed by atoms with van der Waals surface area (Å²) in [5.41, 5.74) is 16.0. The predicted octanol–water partition coefficient (Wildman–Crippen LogP) is 8.24. The molecule has 0 amide bonds. The number of anilines is 5. The second-order valence-corrected chi connectivity index (χ2v) is 15.0. The van der Waals surface area contributed by atoms with Crippen LogP contribution >= 0.6 is 0 Å². The predicted molar refractivity (Wildman–Crippen MR) is 176 cm³/mol. The summed E-state index contributed by atoms with van der Waals surface area (Å²) in [6.45, 7) is 23.1. The minimum absolute atomic E-state index is 0.0631. The maximum atomic E-state index is 3.85. The van der Waals surface area contributed by atoms with Crippen molar-refractivity contribution in [2.24, 2.45) is 0 Å². The lowest BCUT2D eigenvalue weighted by Crippen LogP contribution is -2.60. The van der Waals surface area contributed by atoms with Crippen LogP contribution < -0.4 is 26.6 Å². The molecular formula is C37H43BN2. The van der Waals surface area contributed by atoms with Crippen molar-refractivity contribution < 1.29 is 0 Å². The summed E-state index contributed by atoms with van der Waals surface area (Å²) >= 11 is 0. The van der Waals surface area contributed by atoms with E-state index >= 15 is 0 Å². The maximum Gasteiger partial charge on any atom is 0.252 e. The number of nitrogens with one attached hydrogen (secondary N) is 1. The Balaban J connectivity index is 1.65. The van der Waals surface area contributed by atoms with Crippen molar-refractivity contribution in [2.45, 2.75) is 85.5 Å². The largest absolute Gasteiger partial charge is 0.356 e. The lowest BCUT2D eigenvalue weighted by atomic mass is 9.33. The molecule has 0 atom stereocenters. The van der Waals surface area contributed by atoms with Crippen molar-refractivity contribution >= 4 is 51.5 Å². The number of fused-ring (bicyclic) bond motifs is 4. The highest BCUT2D eigenvalue weighted by atomic mass is 15.2. The van der Waals surface area contributed by atoms with Crippen LogP contribution in [0.2, 0.25) is 0 Å². The van der Waals surface area contributed by atoms with Crippen molar-refractivity contribution in [1.29, 1.82) is 0 Å². The quantitative estimate of drug-likeness (QED) is 0.217. The van der Waals surface area contributed by atoms with Crippen LogP contribution in [0.5, 0.6) is 0 Å². The Morgan fingerprint density at radius 2 is 1.10 bits per heavy atom. The summed E-state index contributed by atoms with van der Waals surface area (Å²) in [5, 5.41) is 3.85. The van der Waals surface area contributed by atoms with Gasteiger partial charge in [0.2, 0.25) is 0 Å². The van der Waals surface area contributed by atoms with Gasteiger partial charge in [0.25, 0.3) is 6.71 Å². The molecule has 4 aromatic rings. The lowest BCUT2D eigenvalue weighted by molar-refractivity contribution is 0.590. The number of aryl methyl sites for hydroxylation is 1. The van der Waals surface area contributed by atoms with Gasteiger partial charge >= 0.3 is 0 Å². The molecule has 0 bridgehead atoms. The lowest BCUT2D eigenvalue weighted by Gasteiger charge is -2.42. The van der Waals surface area contributed by atoms with E-state index in [2.05, 4.69) is 152 Å². The standard InChI is InChI=1S/C37H43BN2/c1-23-19-31-34-33(20-23)40(27-15-11-24(12-16-27)35(2,3)4)32-18-14-26(37(8,9)10)22-29(32)38(34)28-21-25(36(5,6)7)13-17-30(28)39-31/h11-22,39H,1-10H3. The van der Waals surface area contributed by atoms with Gasteiger partial charge in [-0.3, -0.25) is 0 Å². The van der Waals surface area contributed by atoms with Gasteiger partial charge in [-0.05, 0) is 98.2 Å². The topological polar surface area (TPSA) is 15.3 Å². The van der Waals surface area contributed by atoms with Crippen molar-refractivity contribution in [3.63, 3.8) is 0 Å². The Hall–Kier alpha value is -3.46. The van der Waals surface area contributed by atoms with Gasteiger partial charge in [-0.15, -0.1) is 0 Å². The monoisotopic (exact) mass is 526 g/mol. The van der Waals surface area contributed by atoms with Gasteiger partial charge in [0.1, 0.15) is 0 Å². The Labute approximate surface area is 241 Å². The van der Waals surface area contributed by atoms with Crippen molar-refractivity contribution in [3.05, 3.63) is 95.1 Å². The fourth-order valence-corrected chi connectivity index (χ4v) is 6.35. The van der Waals surface area contributed by atoms with Gasteiger partial charge in [-0.2, -0.15) is 0 Å². The van der Waals surface area contributed by atoms with Crippen molar-refractivity contribution in [3.8, 4) is 0 Å². The second-order valence-electron chi connectivity index (χ2n) is 15.0. The molecule has 0 spiro atoms. The van der Waals surface area contributed by atoms with Gasteiger partial charge in [-0.1, -0.05) is 98.7 Å². The summed E-state index contributed by atoms with van der Waals surface area (Å²) in [5.74, 6) is 0. The van der Waals surface area contributed by atoms with E-state index in [9.17, 15) is 0 Å². The Morgan fingerprint density at radius 1 is 0.550 bits per heavy atom. The molecule has 0 saturated heterocycles. The first-order valence-corrected chi connectivity index (χ1v) is 14.7. The van der Waals surface area contributed by atoms with Crippen LogP contribution in [0.4, 0.5) is 28.4 Å². The second kappa shape index (κ2) is 8.77. The fourth-order valence-electron chi connectivity index (χ4n) is 6.35. The summed E-state index contributed by atoms with van der Waals surface area (Å²) in [6.07, 6.45) is 0. The van der Waals surface area contributed by atoms with E-state index in [1.807, 2.05) is 0 Å². The van der Waals surface area contributed by atoms with E-state index in [1.165, 1.54) is 67.1 Å². The molecule has 0 fully saturated rings. The molecule has 0 unspecified atom stereocenters. The summed E-state index contributed by atoms with van der Waals surface area (Å²) in [6, 6.07) is 28.2. The van der Waals surface area contributed by atoms with Crippen LogP contribution in [0.1, 0.15) is 84.6 Å². The third kappa shape index (κ3) is 4.35. The minimum atomic E-state index is 0.0631. The third-order valence-corrected chi connectivity index (χ3v) is 8.77. The smallest absolute Gasteiger partial charge is 0.252 e. The van der Waals surface area contributed by atoms with Gasteiger partial charge in [0.15, 0.2) is 0 Å². The highest BCUT2D eigenvalue weighted by Gasteiger charge is 2.41. The number of hydrogen-bond acceptors (Lipinski definition) is 2. The van der Waals surface area contributed by atoms with Gasteiger partial charge in [-0.25, -0.2) is 0 Å². The van der Waals surface area contributed by atoms with Gasteiger partial charge in [0.05, 0.1) is 0 Å². The van der Waals surface area contributed by atoms with Gasteiger partial charge in [0, 0.05) is 28.4 Å². The number of rotatable bonds is 1. The molecule has 0 aliphatic carbocycles. The molecule has 0 radical (unpaired) electrons. The average molecular weight is 527 g/mol. The Bertz CT molecular complexity index is 1630. The van der Waals surface area contributed by atoms with Crippen LogP contribution in [0.15, 0.2) is 72.8 Å². The normalized spacial score (nSPS) is 14.3. The van der Waals surface area contributed by atoms with E-state index in [4.69, 9.17) is 0 Å². The van der Waals surface area contributed by atoms with Crippen LogP contribution in [-0.4, -0.2) is 6.71 Å². The highest BCUT2D eigenvalue weighted by molar-refractivity contribution is 7.00. The molecule has 2 aliphatic rings. The van der Waals surface area contributed by atoms with Crippen molar-refractivity contribution in [1.82, 2.24) is 0 Å². The molecule has 2 nitrogen and oxygen atoms in total. The van der Waals surface area contributed by atoms with E-state index < -0.39 is 0 Å². The number of nitrogens with zero attached hydrogens (tertiary/aromatic N) is 1. The van der Waals surface area contributed by atoms with Crippen LogP contribution in [0.3, 0.4) is 0 Å². The first-order chi connectivity index (χ1) is 18.6. The van der Waals surface area contributed by atoms with E-state index in [0.29, 0.717) is 0 Å². The van der Waals surface area contributed by atoms with Crippen LogP contribution in [-0.2, 0) is 16.2 Å². The van der Waals surface area contributed by atoms with E-state index in [0.717, 1.165) is 0 Å². The van der Waals surface area contributed by atoms with Crippen LogP contribution in [0, 0.1) is 6.92 Å². The molecule has 0 aromatic heterocycles. The SMILES string of the molecule is Cc1cc2c3c(c1)N(c1ccc(C(C)(C)C)cc1)c1ccc(C(C)(C)C)cc1B3c1cc(C(C)(C)C)ccc1N2. The molecule has 204 valence electrons. The first kappa shape index (κ1) is 26.8. The van der Waals surface area contributed by atoms with Crippen LogP contribution in [0.25, 0.3) is 0 Å². The summed E-state index contributed by atoms with van der Waals surface area (Å²) < 4.78 is 0. The number of benzene rings is 4. The molecule has 3 heteroatoms. The molecule has 6 rings (SSSR count). The summed E-state index contributed by atoms with van der Waals surface area (Å²) in [4.78, 5) is 2.50. The zero-order valence-electron chi connectivity index (χ0n) is 26.0. The molecule has 40 heavy (non-hydrogen) atoms. The highest BCUT2D eigenvalue weighted by Crippen LogP contribution is 2.42. The molecular weight excluding hydrogens is 483 g/mol. The average Bonchev–Trinajstić information content (AvgIpc) is 2.86. The van der Waals surface area contributed by atoms with Crippen molar-refractivity contribution in [2.75, 3.05) is 10.2 Å². The Kier molecular flexibility index (Phi) is 5.87. The minimum Gasteiger partial charge on any atom is -0.356 e. The maximum absolute atomic E-state index is 3.85. The van der Waals surface area contributed by atoms with Gasteiger partial charge < -0.3 is 10.2 Å². The summed E-state index contributed by atoms with van der Waals surface area (Å²) in [7, 11) is 0. The molecule has 1 N–H and O–H groups in total. The number of hydrogen-bond donors (Lipinski definition) is 1. The molecule has 2 heterocycles. The van der Waals surface area contributed by atoms with E-state index in [-0.39, 0.29) is 23.0 Å².